The van der Waals surface area contributed by atoms with Gasteiger partial charge in [-0.2, -0.15) is 0 Å². The van der Waals surface area contributed by atoms with Crippen LogP contribution in [0.15, 0.2) is 29.2 Å². The Balaban J connectivity index is 2.33. The van der Waals surface area contributed by atoms with Gasteiger partial charge >= 0.3 is 0 Å². The molecule has 7 heteroatoms. The smallest absolute Gasteiger partial charge is 0.240 e. The molecule has 0 aliphatic carbocycles. The number of amides is 1. The minimum absolute atomic E-state index is 0.0650. The van der Waals surface area contributed by atoms with E-state index >= 15 is 0 Å². The van der Waals surface area contributed by atoms with Crippen molar-refractivity contribution in [2.75, 3.05) is 6.54 Å². The van der Waals surface area contributed by atoms with Crippen molar-refractivity contribution < 1.29 is 13.2 Å². The molecule has 0 radical (unpaired) electrons. The highest BCUT2D eigenvalue weighted by Gasteiger charge is 2.14. The number of carbonyl (C=O) groups is 1. The van der Waals surface area contributed by atoms with Crippen LogP contribution in [0.2, 0.25) is 5.02 Å². The average Bonchev–Trinajstić information content (AvgIpc) is 2.46. The second kappa shape index (κ2) is 10.0. The van der Waals surface area contributed by atoms with Gasteiger partial charge in [-0.1, -0.05) is 38.3 Å². The van der Waals surface area contributed by atoms with Crippen LogP contribution in [0.4, 0.5) is 0 Å². The highest BCUT2D eigenvalue weighted by atomic mass is 35.5. The molecular formula is C17H27ClN2O3S. The van der Waals surface area contributed by atoms with Gasteiger partial charge in [0.1, 0.15) is 0 Å². The van der Waals surface area contributed by atoms with Crippen molar-refractivity contribution >= 4 is 27.5 Å². The fraction of sp³-hybridized carbons (Fsp3) is 0.588. The second-order valence-corrected chi connectivity index (χ2v) is 8.60. The molecule has 24 heavy (non-hydrogen) atoms. The Bertz CT molecular complexity index is 615. The molecule has 0 aliphatic rings. The number of halogens is 1. The SMILES string of the molecule is CC(C)CCC[C@H](C)NC(=O)CCNS(=O)(=O)c1ccc(Cl)cc1. The van der Waals surface area contributed by atoms with Crippen LogP contribution in [-0.2, 0) is 14.8 Å². The first-order valence-electron chi connectivity index (χ1n) is 8.25. The molecule has 136 valence electrons. The van der Waals surface area contributed by atoms with Crippen LogP contribution < -0.4 is 10.0 Å². The summed E-state index contributed by atoms with van der Waals surface area (Å²) in [5.41, 5.74) is 0. The molecule has 0 saturated heterocycles. The molecule has 1 amide bonds. The largest absolute Gasteiger partial charge is 0.354 e. The number of nitrogens with one attached hydrogen (secondary N) is 2. The number of hydrogen-bond donors (Lipinski definition) is 2. The third-order valence-corrected chi connectivity index (χ3v) is 5.32. The van der Waals surface area contributed by atoms with Gasteiger partial charge in [-0.25, -0.2) is 13.1 Å². The average molecular weight is 375 g/mol. The van der Waals surface area contributed by atoms with Gasteiger partial charge in [0.2, 0.25) is 15.9 Å². The minimum Gasteiger partial charge on any atom is -0.354 e. The van der Waals surface area contributed by atoms with Gasteiger partial charge in [-0.3, -0.25) is 4.79 Å². The molecule has 1 aromatic rings. The zero-order valence-electron chi connectivity index (χ0n) is 14.5. The lowest BCUT2D eigenvalue weighted by molar-refractivity contribution is -0.121. The van der Waals surface area contributed by atoms with E-state index in [1.807, 2.05) is 6.92 Å². The standard InChI is InChI=1S/C17H27ClN2O3S/c1-13(2)5-4-6-14(3)20-17(21)11-12-19-24(22,23)16-9-7-15(18)8-10-16/h7-10,13-14,19H,4-6,11-12H2,1-3H3,(H,20,21)/t14-/m0/s1. The first kappa shape index (κ1) is 20.9. The van der Waals surface area contributed by atoms with Crippen LogP contribution >= 0.6 is 11.6 Å². The van der Waals surface area contributed by atoms with E-state index in [1.54, 1.807) is 0 Å². The summed E-state index contributed by atoms with van der Waals surface area (Å²) in [6.45, 7) is 6.39. The van der Waals surface area contributed by atoms with Gasteiger partial charge in [0, 0.05) is 24.0 Å². The van der Waals surface area contributed by atoms with Crippen LogP contribution in [0.25, 0.3) is 0 Å². The van der Waals surface area contributed by atoms with E-state index in [1.165, 1.54) is 24.3 Å². The summed E-state index contributed by atoms with van der Waals surface area (Å²) in [5.74, 6) is 0.515. The molecule has 0 bridgehead atoms. The summed E-state index contributed by atoms with van der Waals surface area (Å²) < 4.78 is 26.6. The summed E-state index contributed by atoms with van der Waals surface area (Å²) >= 11 is 5.74. The topological polar surface area (TPSA) is 75.3 Å². The number of benzene rings is 1. The molecule has 1 atom stereocenters. The molecule has 1 rings (SSSR count). The van der Waals surface area contributed by atoms with Crippen LogP contribution in [0, 0.1) is 5.92 Å². The van der Waals surface area contributed by atoms with Crippen molar-refractivity contribution in [3.05, 3.63) is 29.3 Å². The van der Waals surface area contributed by atoms with Gasteiger partial charge < -0.3 is 5.32 Å². The summed E-state index contributed by atoms with van der Waals surface area (Å²) in [6, 6.07) is 6.00. The van der Waals surface area contributed by atoms with Crippen molar-refractivity contribution in [1.29, 1.82) is 0 Å². The van der Waals surface area contributed by atoms with Crippen molar-refractivity contribution in [3.8, 4) is 0 Å². The van der Waals surface area contributed by atoms with Gasteiger partial charge in [0.15, 0.2) is 0 Å². The Kier molecular flexibility index (Phi) is 8.73. The Morgan fingerprint density at radius 3 is 2.33 bits per heavy atom. The van der Waals surface area contributed by atoms with E-state index in [9.17, 15) is 13.2 Å². The fourth-order valence-electron chi connectivity index (χ4n) is 2.25. The van der Waals surface area contributed by atoms with Crippen LogP contribution in [0.1, 0.15) is 46.5 Å². The van der Waals surface area contributed by atoms with E-state index in [-0.39, 0.29) is 29.8 Å². The van der Waals surface area contributed by atoms with Crippen LogP contribution in [-0.4, -0.2) is 26.9 Å². The molecule has 0 unspecified atom stereocenters. The van der Waals surface area contributed by atoms with E-state index < -0.39 is 10.0 Å². The van der Waals surface area contributed by atoms with Gasteiger partial charge in [-0.05, 0) is 43.5 Å². The maximum Gasteiger partial charge on any atom is 0.240 e. The molecule has 0 aromatic heterocycles. The maximum absolute atomic E-state index is 12.1. The molecule has 0 spiro atoms. The Hall–Kier alpha value is -1.11. The first-order chi connectivity index (χ1) is 11.2. The highest BCUT2D eigenvalue weighted by molar-refractivity contribution is 7.89. The van der Waals surface area contributed by atoms with E-state index in [0.29, 0.717) is 10.9 Å². The summed E-state index contributed by atoms with van der Waals surface area (Å²) in [4.78, 5) is 12.0. The zero-order valence-corrected chi connectivity index (χ0v) is 16.1. The Labute approximate surface area is 150 Å². The van der Waals surface area contributed by atoms with Crippen molar-refractivity contribution in [2.45, 2.75) is 57.4 Å². The summed E-state index contributed by atoms with van der Waals surface area (Å²) in [6.07, 6.45) is 3.26. The van der Waals surface area contributed by atoms with Gasteiger partial charge in [0.05, 0.1) is 4.90 Å². The lowest BCUT2D eigenvalue weighted by Gasteiger charge is -2.14. The predicted octanol–water partition coefficient (Wildman–Crippen LogP) is 3.34. The van der Waals surface area contributed by atoms with Gasteiger partial charge in [-0.15, -0.1) is 0 Å². The minimum atomic E-state index is -3.61. The van der Waals surface area contributed by atoms with Crippen LogP contribution in [0.5, 0.6) is 0 Å². The molecule has 0 saturated carbocycles. The third kappa shape index (κ3) is 8.13. The third-order valence-electron chi connectivity index (χ3n) is 3.59. The van der Waals surface area contributed by atoms with E-state index in [4.69, 9.17) is 11.6 Å². The molecule has 0 heterocycles. The molecule has 1 aromatic carbocycles. The Morgan fingerprint density at radius 2 is 1.75 bits per heavy atom. The Morgan fingerprint density at radius 1 is 1.12 bits per heavy atom. The fourth-order valence-corrected chi connectivity index (χ4v) is 3.41. The number of sulfonamides is 1. The van der Waals surface area contributed by atoms with E-state index in [0.717, 1.165) is 19.3 Å². The number of hydrogen-bond acceptors (Lipinski definition) is 3. The molecule has 5 nitrogen and oxygen atoms in total. The molecule has 2 N–H and O–H groups in total. The second-order valence-electron chi connectivity index (χ2n) is 6.40. The lowest BCUT2D eigenvalue weighted by Crippen LogP contribution is -2.35. The quantitative estimate of drug-likeness (QED) is 0.659. The summed E-state index contributed by atoms with van der Waals surface area (Å²) in [7, 11) is -3.61. The molecule has 0 aliphatic heterocycles. The van der Waals surface area contributed by atoms with Gasteiger partial charge in [0.25, 0.3) is 0 Å². The zero-order chi connectivity index (χ0) is 18.2. The predicted molar refractivity (Wildman–Crippen MR) is 97.6 cm³/mol. The highest BCUT2D eigenvalue weighted by Crippen LogP contribution is 2.13. The van der Waals surface area contributed by atoms with Crippen molar-refractivity contribution in [2.24, 2.45) is 5.92 Å². The monoisotopic (exact) mass is 374 g/mol. The first-order valence-corrected chi connectivity index (χ1v) is 10.1. The maximum atomic E-state index is 12.1. The molecule has 0 fully saturated rings. The number of rotatable bonds is 10. The molecular weight excluding hydrogens is 348 g/mol. The normalized spacial score (nSPS) is 13.0. The lowest BCUT2D eigenvalue weighted by atomic mass is 10.0. The van der Waals surface area contributed by atoms with Crippen LogP contribution in [0.3, 0.4) is 0 Å². The van der Waals surface area contributed by atoms with Crippen molar-refractivity contribution in [3.63, 3.8) is 0 Å². The number of carbonyl (C=O) groups excluding carboxylic acids is 1. The van der Waals surface area contributed by atoms with Crippen molar-refractivity contribution in [1.82, 2.24) is 10.0 Å². The summed E-state index contributed by atoms with van der Waals surface area (Å²) in [5, 5.41) is 3.37. The van der Waals surface area contributed by atoms with E-state index in [2.05, 4.69) is 23.9 Å².